The monoisotopic (exact) mass is 370 g/mol. The molecule has 5 heteroatoms. The third kappa shape index (κ3) is 7.76. The zero-order valence-corrected chi connectivity index (χ0v) is 17.7. The first-order chi connectivity index (χ1) is 11.9. The Morgan fingerprint density at radius 1 is 0.680 bits per heavy atom. The van der Waals surface area contributed by atoms with Crippen molar-refractivity contribution in [1.82, 2.24) is 0 Å². The van der Waals surface area contributed by atoms with Crippen molar-refractivity contribution in [2.24, 2.45) is 0 Å². The molecule has 0 aromatic rings. The van der Waals surface area contributed by atoms with Crippen LogP contribution in [0.1, 0.15) is 85.5 Å². The van der Waals surface area contributed by atoms with Gasteiger partial charge in [0.05, 0.1) is 8.07 Å². The number of aliphatic carboxylic acids is 2. The van der Waals surface area contributed by atoms with Gasteiger partial charge in [0, 0.05) is 10.8 Å². The summed E-state index contributed by atoms with van der Waals surface area (Å²) in [5, 5.41) is 20.1. The van der Waals surface area contributed by atoms with Gasteiger partial charge in [0.2, 0.25) is 0 Å². The van der Waals surface area contributed by atoms with E-state index in [-0.39, 0.29) is 5.57 Å². The van der Waals surface area contributed by atoms with E-state index < -0.39 is 20.0 Å². The standard InChI is InChI=1S/C20H38O4Si/c1-5-9-13-17(19(21)22)18(20(23)24)25(14-10-6-2,15-11-7-3)16-12-8-4/h5-16H2,1-4H3,(H,21,22)(H,23,24)/b18-17+. The highest BCUT2D eigenvalue weighted by Crippen LogP contribution is 2.37. The molecule has 2 N–H and O–H groups in total. The number of carboxylic acids is 2. The zero-order chi connectivity index (χ0) is 19.3. The fraction of sp³-hybridized carbons (Fsp3) is 0.800. The first kappa shape index (κ1) is 23.9. The molecule has 25 heavy (non-hydrogen) atoms. The molecule has 0 aromatic heterocycles. The number of unbranched alkanes of at least 4 members (excludes halogenated alkanes) is 4. The van der Waals surface area contributed by atoms with Crippen molar-refractivity contribution < 1.29 is 19.8 Å². The molecule has 0 fully saturated rings. The van der Waals surface area contributed by atoms with Gasteiger partial charge in [0.25, 0.3) is 0 Å². The molecule has 0 aliphatic heterocycles. The summed E-state index contributed by atoms with van der Waals surface area (Å²) < 4.78 is 0. The average molecular weight is 371 g/mol. The second-order valence-corrected chi connectivity index (χ2v) is 11.7. The summed E-state index contributed by atoms with van der Waals surface area (Å²) in [7, 11) is -2.33. The maximum atomic E-state index is 12.3. The van der Waals surface area contributed by atoms with Crippen molar-refractivity contribution >= 4 is 20.0 Å². The van der Waals surface area contributed by atoms with E-state index in [1.807, 2.05) is 6.92 Å². The van der Waals surface area contributed by atoms with Crippen LogP contribution >= 0.6 is 0 Å². The number of hydrogen-bond donors (Lipinski definition) is 2. The van der Waals surface area contributed by atoms with Crippen molar-refractivity contribution in [3.05, 3.63) is 10.8 Å². The van der Waals surface area contributed by atoms with Crippen LogP contribution in [0.2, 0.25) is 18.1 Å². The maximum absolute atomic E-state index is 12.3. The lowest BCUT2D eigenvalue weighted by atomic mass is 10.1. The second kappa shape index (κ2) is 13.1. The van der Waals surface area contributed by atoms with Gasteiger partial charge in [-0.2, -0.15) is 0 Å². The minimum absolute atomic E-state index is 0.198. The van der Waals surface area contributed by atoms with Crippen molar-refractivity contribution in [2.45, 2.75) is 104 Å². The molecule has 0 heterocycles. The predicted octanol–water partition coefficient (Wildman–Crippen LogP) is 6.03. The Bertz CT molecular complexity index is 421. The summed E-state index contributed by atoms with van der Waals surface area (Å²) in [4.78, 5) is 24.2. The van der Waals surface area contributed by atoms with E-state index in [9.17, 15) is 19.8 Å². The quantitative estimate of drug-likeness (QED) is 0.272. The van der Waals surface area contributed by atoms with Crippen molar-refractivity contribution in [3.63, 3.8) is 0 Å². The number of rotatable bonds is 15. The molecule has 0 unspecified atom stereocenters. The largest absolute Gasteiger partial charge is 0.478 e. The Balaban J connectivity index is 6.25. The summed E-state index contributed by atoms with van der Waals surface area (Å²) in [6, 6.07) is 2.73. The molecule has 0 amide bonds. The molecule has 0 saturated carbocycles. The van der Waals surface area contributed by atoms with Gasteiger partial charge in [-0.15, -0.1) is 0 Å². The highest BCUT2D eigenvalue weighted by molar-refractivity contribution is 6.90. The lowest BCUT2D eigenvalue weighted by molar-refractivity contribution is -0.135. The molecule has 0 saturated heterocycles. The zero-order valence-electron chi connectivity index (χ0n) is 16.7. The van der Waals surface area contributed by atoms with Crippen molar-refractivity contribution in [3.8, 4) is 0 Å². The molecule has 0 aliphatic carbocycles. The topological polar surface area (TPSA) is 74.6 Å². The summed E-state index contributed by atoms with van der Waals surface area (Å²) in [6.07, 6.45) is 8.05. The van der Waals surface area contributed by atoms with Crippen LogP contribution in [0.5, 0.6) is 0 Å². The van der Waals surface area contributed by atoms with Crippen LogP contribution in [-0.2, 0) is 9.59 Å². The van der Waals surface area contributed by atoms with Crippen LogP contribution in [0.25, 0.3) is 0 Å². The minimum atomic E-state index is -2.33. The molecule has 0 atom stereocenters. The van der Waals surface area contributed by atoms with Gasteiger partial charge >= 0.3 is 11.9 Å². The SMILES string of the molecule is CCCC/C(C(=O)O)=C(/C(=O)O)[Si](CCCC)(CCCC)CCCC. The van der Waals surface area contributed by atoms with E-state index in [0.29, 0.717) is 11.6 Å². The third-order valence-electron chi connectivity index (χ3n) is 5.11. The van der Waals surface area contributed by atoms with E-state index >= 15 is 0 Å². The van der Waals surface area contributed by atoms with Crippen molar-refractivity contribution in [2.75, 3.05) is 0 Å². The molecular formula is C20H38O4Si. The van der Waals surface area contributed by atoms with Gasteiger partial charge in [0.15, 0.2) is 0 Å². The van der Waals surface area contributed by atoms with Crippen LogP contribution in [0.15, 0.2) is 10.8 Å². The van der Waals surface area contributed by atoms with E-state index in [1.54, 1.807) is 0 Å². The van der Waals surface area contributed by atoms with E-state index in [1.165, 1.54) is 0 Å². The first-order valence-electron chi connectivity index (χ1n) is 10.1. The van der Waals surface area contributed by atoms with Crippen LogP contribution in [0.4, 0.5) is 0 Å². The lowest BCUT2D eigenvalue weighted by Crippen LogP contribution is -2.42. The maximum Gasteiger partial charge on any atom is 0.331 e. The Hall–Kier alpha value is -1.10. The van der Waals surface area contributed by atoms with Gasteiger partial charge in [-0.25, -0.2) is 9.59 Å². The molecule has 0 aliphatic rings. The Morgan fingerprint density at radius 2 is 1.08 bits per heavy atom. The van der Waals surface area contributed by atoms with Gasteiger partial charge in [-0.05, 0) is 12.8 Å². The fourth-order valence-corrected chi connectivity index (χ4v) is 9.58. The molecule has 4 nitrogen and oxygen atoms in total. The van der Waals surface area contributed by atoms with Gasteiger partial charge in [-0.3, -0.25) is 0 Å². The van der Waals surface area contributed by atoms with Crippen LogP contribution in [-0.4, -0.2) is 30.2 Å². The summed E-state index contributed by atoms with van der Waals surface area (Å²) in [6.45, 7) is 8.38. The Morgan fingerprint density at radius 3 is 1.36 bits per heavy atom. The normalized spacial score (nSPS) is 12.8. The summed E-state index contributed by atoms with van der Waals surface area (Å²) in [5.74, 6) is -1.99. The second-order valence-electron chi connectivity index (χ2n) is 7.16. The van der Waals surface area contributed by atoms with Crippen molar-refractivity contribution in [1.29, 1.82) is 0 Å². The molecule has 146 valence electrons. The molecule has 0 bridgehead atoms. The summed E-state index contributed by atoms with van der Waals surface area (Å²) >= 11 is 0. The van der Waals surface area contributed by atoms with E-state index in [4.69, 9.17) is 0 Å². The Kier molecular flexibility index (Phi) is 12.6. The molecular weight excluding hydrogens is 332 g/mol. The highest BCUT2D eigenvalue weighted by Gasteiger charge is 2.41. The third-order valence-corrected chi connectivity index (χ3v) is 10.6. The fourth-order valence-electron chi connectivity index (χ4n) is 3.66. The number of hydrogen-bond acceptors (Lipinski definition) is 2. The highest BCUT2D eigenvalue weighted by atomic mass is 28.3. The minimum Gasteiger partial charge on any atom is -0.478 e. The predicted molar refractivity (Wildman–Crippen MR) is 107 cm³/mol. The van der Waals surface area contributed by atoms with Crippen LogP contribution in [0, 0.1) is 0 Å². The molecule has 0 spiro atoms. The first-order valence-corrected chi connectivity index (χ1v) is 12.7. The Labute approximate surface area is 154 Å². The molecule has 0 rings (SSSR count). The lowest BCUT2D eigenvalue weighted by Gasteiger charge is -2.34. The van der Waals surface area contributed by atoms with Crippen LogP contribution in [0.3, 0.4) is 0 Å². The number of carboxylic acid groups (broad SMARTS) is 2. The van der Waals surface area contributed by atoms with Crippen LogP contribution < -0.4 is 0 Å². The smallest absolute Gasteiger partial charge is 0.331 e. The number of carbonyl (C=O) groups is 2. The van der Waals surface area contributed by atoms with Gasteiger partial charge in [0.1, 0.15) is 0 Å². The van der Waals surface area contributed by atoms with Gasteiger partial charge < -0.3 is 10.2 Å². The van der Waals surface area contributed by atoms with E-state index in [0.717, 1.165) is 69.5 Å². The molecule has 0 aromatic carbocycles. The van der Waals surface area contributed by atoms with E-state index in [2.05, 4.69) is 20.8 Å². The molecule has 0 radical (unpaired) electrons. The van der Waals surface area contributed by atoms with Gasteiger partial charge in [-0.1, -0.05) is 90.8 Å². The summed E-state index contributed by atoms with van der Waals surface area (Å²) in [5.41, 5.74) is 0.198. The average Bonchev–Trinajstić information content (AvgIpc) is 2.58.